The fourth-order valence-corrected chi connectivity index (χ4v) is 3.61. The Labute approximate surface area is 170 Å². The summed E-state index contributed by atoms with van der Waals surface area (Å²) in [5.41, 5.74) is 1.00. The molecule has 0 saturated carbocycles. The van der Waals surface area contributed by atoms with Crippen LogP contribution in [0, 0.1) is 0 Å². The third-order valence-corrected chi connectivity index (χ3v) is 5.54. The monoisotopic (exact) mass is 422 g/mol. The van der Waals surface area contributed by atoms with Crippen molar-refractivity contribution in [3.8, 4) is 0 Å². The van der Waals surface area contributed by atoms with Gasteiger partial charge in [-0.05, 0) is 37.5 Å². The molecule has 1 aromatic rings. The molecule has 1 N–H and O–H groups in total. The van der Waals surface area contributed by atoms with Gasteiger partial charge < -0.3 is 19.7 Å². The van der Waals surface area contributed by atoms with E-state index in [1.165, 1.54) is 0 Å². The molecule has 5 nitrogen and oxygen atoms in total. The van der Waals surface area contributed by atoms with Gasteiger partial charge in [0, 0.05) is 19.6 Å². The zero-order valence-electron chi connectivity index (χ0n) is 14.7. The predicted octanol–water partition coefficient (Wildman–Crippen LogP) is 3.30. The minimum absolute atomic E-state index is 0. The number of piperidine rings is 1. The summed E-state index contributed by atoms with van der Waals surface area (Å²) in [5.74, 6) is 0.134. The zero-order chi connectivity index (χ0) is 17.8. The number of carbonyl (C=O) groups is 1. The average molecular weight is 424 g/mol. The molecule has 1 amide bonds. The maximum absolute atomic E-state index is 12.6. The molecule has 3 rings (SSSR count). The number of hydrogen-bond donors (Lipinski definition) is 1. The molecule has 0 aromatic heterocycles. The molecule has 0 unspecified atom stereocenters. The predicted molar refractivity (Wildman–Crippen MR) is 105 cm³/mol. The largest absolute Gasteiger partial charge is 0.375 e. The highest BCUT2D eigenvalue weighted by atomic mass is 35.5. The molecule has 2 heterocycles. The lowest BCUT2D eigenvalue weighted by Crippen LogP contribution is -2.57. The summed E-state index contributed by atoms with van der Waals surface area (Å²) in [7, 11) is 0. The second kappa shape index (κ2) is 10.1. The van der Waals surface area contributed by atoms with Gasteiger partial charge in [-0.3, -0.25) is 4.79 Å². The fraction of sp³-hybridized carbons (Fsp3) is 0.611. The lowest BCUT2D eigenvalue weighted by Gasteiger charge is -2.37. The number of nitrogens with zero attached hydrogens (tertiary/aromatic N) is 1. The van der Waals surface area contributed by atoms with Gasteiger partial charge in [-0.2, -0.15) is 0 Å². The highest BCUT2D eigenvalue weighted by Crippen LogP contribution is 2.24. The number of nitrogens with one attached hydrogen (secondary N) is 1. The Bertz CT molecular complexity index is 609. The number of benzene rings is 1. The lowest BCUT2D eigenvalue weighted by atomic mass is 10.0. The molecule has 2 aliphatic heterocycles. The Kier molecular flexibility index (Phi) is 8.45. The Morgan fingerprint density at radius 3 is 2.69 bits per heavy atom. The molecule has 26 heavy (non-hydrogen) atoms. The van der Waals surface area contributed by atoms with Gasteiger partial charge in [0.1, 0.15) is 6.04 Å². The van der Waals surface area contributed by atoms with E-state index in [4.69, 9.17) is 32.7 Å². The van der Waals surface area contributed by atoms with E-state index in [0.29, 0.717) is 23.3 Å². The van der Waals surface area contributed by atoms with Crippen molar-refractivity contribution in [3.63, 3.8) is 0 Å². The summed E-state index contributed by atoms with van der Waals surface area (Å²) in [6.07, 6.45) is 1.76. The number of amides is 1. The van der Waals surface area contributed by atoms with Crippen LogP contribution in [-0.4, -0.2) is 55.3 Å². The minimum atomic E-state index is -0.234. The molecule has 1 aromatic carbocycles. The molecule has 0 bridgehead atoms. The van der Waals surface area contributed by atoms with Gasteiger partial charge in [-0.25, -0.2) is 0 Å². The summed E-state index contributed by atoms with van der Waals surface area (Å²) in [4.78, 5) is 14.6. The van der Waals surface area contributed by atoms with Gasteiger partial charge >= 0.3 is 0 Å². The standard InChI is InChI=1S/C18H24Cl2N2O3.ClH/c1-12-17(21-6-9-24-12)18(23)22-7-4-14(5-8-22)25-11-13-2-3-15(19)16(20)10-13;/h2-3,10,12,14,17,21H,4-9,11H2,1H3;1H/t12-,17+;/m1./s1. The first-order valence-corrected chi connectivity index (χ1v) is 9.49. The van der Waals surface area contributed by atoms with E-state index in [1.54, 1.807) is 6.07 Å². The van der Waals surface area contributed by atoms with E-state index in [0.717, 1.165) is 38.0 Å². The number of carbonyl (C=O) groups excluding carboxylic acids is 1. The summed E-state index contributed by atoms with van der Waals surface area (Å²) < 4.78 is 11.6. The molecule has 2 atom stereocenters. The number of morpholine rings is 1. The van der Waals surface area contributed by atoms with Gasteiger partial charge in [0.15, 0.2) is 0 Å². The van der Waals surface area contributed by atoms with Crippen LogP contribution in [0.1, 0.15) is 25.3 Å². The Hall–Kier alpha value is -0.560. The summed E-state index contributed by atoms with van der Waals surface area (Å²) in [6, 6.07) is 5.30. The first-order valence-electron chi connectivity index (χ1n) is 8.74. The average Bonchev–Trinajstić information content (AvgIpc) is 2.63. The number of likely N-dealkylation sites (tertiary alicyclic amines) is 1. The topological polar surface area (TPSA) is 50.8 Å². The summed E-state index contributed by atoms with van der Waals surface area (Å²) in [5, 5.41) is 4.35. The molecule has 2 fully saturated rings. The Balaban J connectivity index is 0.00000243. The zero-order valence-corrected chi connectivity index (χ0v) is 17.1. The number of hydrogen-bond acceptors (Lipinski definition) is 4. The van der Waals surface area contributed by atoms with Gasteiger partial charge in [-0.15, -0.1) is 12.4 Å². The van der Waals surface area contributed by atoms with Crippen LogP contribution in [-0.2, 0) is 20.9 Å². The van der Waals surface area contributed by atoms with Crippen molar-refractivity contribution in [2.24, 2.45) is 0 Å². The van der Waals surface area contributed by atoms with Crippen molar-refractivity contribution < 1.29 is 14.3 Å². The van der Waals surface area contributed by atoms with Gasteiger partial charge in [-0.1, -0.05) is 29.3 Å². The number of halogens is 3. The Morgan fingerprint density at radius 2 is 2.04 bits per heavy atom. The van der Waals surface area contributed by atoms with Crippen molar-refractivity contribution in [1.82, 2.24) is 10.2 Å². The molecule has 0 aliphatic carbocycles. The number of ether oxygens (including phenoxy) is 2. The van der Waals surface area contributed by atoms with E-state index in [1.807, 2.05) is 24.0 Å². The normalized spacial score (nSPS) is 24.2. The molecule has 0 spiro atoms. The van der Waals surface area contributed by atoms with Gasteiger partial charge in [0.05, 0.1) is 35.5 Å². The van der Waals surface area contributed by atoms with Crippen LogP contribution in [0.3, 0.4) is 0 Å². The van der Waals surface area contributed by atoms with E-state index in [2.05, 4.69) is 5.32 Å². The second-order valence-corrected chi connectivity index (χ2v) is 7.41. The van der Waals surface area contributed by atoms with Crippen LogP contribution in [0.25, 0.3) is 0 Å². The molecule has 0 radical (unpaired) electrons. The van der Waals surface area contributed by atoms with Crippen LogP contribution in [0.15, 0.2) is 18.2 Å². The van der Waals surface area contributed by atoms with Crippen LogP contribution < -0.4 is 5.32 Å². The van der Waals surface area contributed by atoms with E-state index in [9.17, 15) is 4.79 Å². The van der Waals surface area contributed by atoms with Crippen molar-refractivity contribution >= 4 is 41.5 Å². The van der Waals surface area contributed by atoms with Crippen molar-refractivity contribution in [2.75, 3.05) is 26.2 Å². The third kappa shape index (κ3) is 5.47. The maximum Gasteiger partial charge on any atom is 0.242 e. The van der Waals surface area contributed by atoms with Crippen LogP contribution in [0.4, 0.5) is 0 Å². The quantitative estimate of drug-likeness (QED) is 0.807. The van der Waals surface area contributed by atoms with Gasteiger partial charge in [0.25, 0.3) is 0 Å². The summed E-state index contributed by atoms with van der Waals surface area (Å²) in [6.45, 7) is 5.28. The van der Waals surface area contributed by atoms with E-state index in [-0.39, 0.29) is 36.6 Å². The second-order valence-electron chi connectivity index (χ2n) is 6.59. The van der Waals surface area contributed by atoms with Crippen molar-refractivity contribution in [2.45, 2.75) is 44.6 Å². The summed E-state index contributed by atoms with van der Waals surface area (Å²) >= 11 is 12.0. The van der Waals surface area contributed by atoms with E-state index >= 15 is 0 Å². The lowest BCUT2D eigenvalue weighted by molar-refractivity contribution is -0.142. The van der Waals surface area contributed by atoms with Crippen LogP contribution in [0.2, 0.25) is 10.0 Å². The van der Waals surface area contributed by atoms with Crippen molar-refractivity contribution in [1.29, 1.82) is 0 Å². The molecule has 8 heteroatoms. The first kappa shape index (κ1) is 21.7. The SMILES string of the molecule is C[C@H]1OCCN[C@@H]1C(=O)N1CCC(OCc2ccc(Cl)c(Cl)c2)CC1.Cl. The molecule has 2 aliphatic rings. The highest BCUT2D eigenvalue weighted by molar-refractivity contribution is 6.42. The molecular formula is C18H25Cl3N2O3. The van der Waals surface area contributed by atoms with Crippen LogP contribution in [0.5, 0.6) is 0 Å². The molecule has 146 valence electrons. The minimum Gasteiger partial charge on any atom is -0.375 e. The van der Waals surface area contributed by atoms with Crippen molar-refractivity contribution in [3.05, 3.63) is 33.8 Å². The smallest absolute Gasteiger partial charge is 0.242 e. The number of rotatable bonds is 4. The fourth-order valence-electron chi connectivity index (χ4n) is 3.29. The molecular weight excluding hydrogens is 399 g/mol. The highest BCUT2D eigenvalue weighted by Gasteiger charge is 2.33. The maximum atomic E-state index is 12.6. The van der Waals surface area contributed by atoms with E-state index < -0.39 is 0 Å². The van der Waals surface area contributed by atoms with Crippen LogP contribution >= 0.6 is 35.6 Å². The first-order chi connectivity index (χ1) is 12.0. The third-order valence-electron chi connectivity index (χ3n) is 4.81. The molecule has 2 saturated heterocycles. The van der Waals surface area contributed by atoms with Gasteiger partial charge in [0.2, 0.25) is 5.91 Å². The Morgan fingerprint density at radius 1 is 1.31 bits per heavy atom.